The lowest BCUT2D eigenvalue weighted by Crippen LogP contribution is -2.54. The number of rotatable bonds is 5. The molecule has 0 aromatic rings. The van der Waals surface area contributed by atoms with E-state index in [0.717, 1.165) is 60.2 Å². The van der Waals surface area contributed by atoms with Crippen molar-refractivity contribution in [2.45, 2.75) is 118 Å². The minimum absolute atomic E-state index is 0.0107. The number of aliphatic hydroxyl groups is 1. The number of hydrogen-bond donors (Lipinski definition) is 1. The number of hydrogen-bond acceptors (Lipinski definition) is 1. The quantitative estimate of drug-likeness (QED) is 0.499. The van der Waals surface area contributed by atoms with Crippen molar-refractivity contribution >= 4 is 0 Å². The van der Waals surface area contributed by atoms with E-state index in [1.54, 1.807) is 0 Å². The Hall–Kier alpha value is -0.0400. The molecular weight excluding hydrogens is 352 g/mol. The lowest BCUT2D eigenvalue weighted by molar-refractivity contribution is -0.129. The molecule has 4 saturated carbocycles. The van der Waals surface area contributed by atoms with Gasteiger partial charge in [-0.15, -0.1) is 0 Å². The SMILES string of the molecule is CC(C)[C@@H](C)CC[C@@H](C)[C@@H]1CC[C@@H]2[C@@H]3CC[C@H]4C[C@H](O)CC[C@]4(C)[C@@H]3CC[C@@]21C. The van der Waals surface area contributed by atoms with E-state index in [0.29, 0.717) is 10.8 Å². The van der Waals surface area contributed by atoms with Crippen LogP contribution in [0.15, 0.2) is 0 Å². The van der Waals surface area contributed by atoms with Gasteiger partial charge in [-0.1, -0.05) is 54.4 Å². The summed E-state index contributed by atoms with van der Waals surface area (Å²) < 4.78 is 0. The molecule has 0 heterocycles. The highest BCUT2D eigenvalue weighted by Crippen LogP contribution is 2.68. The number of aliphatic hydroxyl groups excluding tert-OH is 1. The zero-order valence-electron chi connectivity index (χ0n) is 20.4. The Kier molecular flexibility index (Phi) is 6.22. The third kappa shape index (κ3) is 3.74. The maximum atomic E-state index is 10.3. The van der Waals surface area contributed by atoms with E-state index in [-0.39, 0.29) is 6.10 Å². The maximum Gasteiger partial charge on any atom is 0.0543 e. The minimum atomic E-state index is -0.0107. The van der Waals surface area contributed by atoms with E-state index in [1.807, 2.05) is 0 Å². The van der Waals surface area contributed by atoms with Gasteiger partial charge in [0, 0.05) is 0 Å². The van der Waals surface area contributed by atoms with Crippen LogP contribution in [0.4, 0.5) is 0 Å². The summed E-state index contributed by atoms with van der Waals surface area (Å²) in [6.45, 7) is 15.2. The summed E-state index contributed by atoms with van der Waals surface area (Å²) in [6.07, 6.45) is 15.1. The number of fused-ring (bicyclic) bond motifs is 5. The molecule has 0 aromatic carbocycles. The van der Waals surface area contributed by atoms with Gasteiger partial charge in [-0.05, 0) is 116 Å². The van der Waals surface area contributed by atoms with Crippen LogP contribution in [0.1, 0.15) is 112 Å². The summed E-state index contributed by atoms with van der Waals surface area (Å²) in [5.41, 5.74) is 1.14. The van der Waals surface area contributed by atoms with Crippen molar-refractivity contribution in [2.24, 2.45) is 58.2 Å². The Morgan fingerprint density at radius 1 is 0.793 bits per heavy atom. The highest BCUT2D eigenvalue weighted by Gasteiger charge is 2.60. The summed E-state index contributed by atoms with van der Waals surface area (Å²) >= 11 is 0. The largest absolute Gasteiger partial charge is 0.393 e. The third-order valence-corrected chi connectivity index (χ3v) is 11.6. The average Bonchev–Trinajstić information content (AvgIpc) is 3.03. The van der Waals surface area contributed by atoms with Crippen molar-refractivity contribution in [3.63, 3.8) is 0 Å². The van der Waals surface area contributed by atoms with Gasteiger partial charge in [-0.2, -0.15) is 0 Å². The van der Waals surface area contributed by atoms with E-state index < -0.39 is 0 Å². The predicted molar refractivity (Wildman–Crippen MR) is 124 cm³/mol. The van der Waals surface area contributed by atoms with Gasteiger partial charge in [0.1, 0.15) is 0 Å². The predicted octanol–water partition coefficient (Wildman–Crippen LogP) is 7.71. The van der Waals surface area contributed by atoms with Gasteiger partial charge < -0.3 is 5.11 Å². The van der Waals surface area contributed by atoms with E-state index >= 15 is 0 Å². The van der Waals surface area contributed by atoms with Crippen molar-refractivity contribution in [2.75, 3.05) is 0 Å². The second-order valence-corrected chi connectivity index (χ2v) is 13.1. The standard InChI is InChI=1S/C28H50O/c1-18(2)19(3)7-8-20(4)24-11-12-25-23-10-9-21-17-22(29)13-15-27(21,5)26(23)14-16-28(24,25)6/h18-26,29H,7-17H2,1-6H3/t19-,20+,21-,22+,23-,24-,25+,26+,27-,28+/m0/s1. The fourth-order valence-electron chi connectivity index (χ4n) is 9.27. The molecular formula is C28H50O. The van der Waals surface area contributed by atoms with Gasteiger partial charge in [0.25, 0.3) is 0 Å². The molecule has 0 bridgehead atoms. The van der Waals surface area contributed by atoms with E-state index in [4.69, 9.17) is 0 Å². The van der Waals surface area contributed by atoms with Crippen molar-refractivity contribution in [3.8, 4) is 0 Å². The van der Waals surface area contributed by atoms with Gasteiger partial charge >= 0.3 is 0 Å². The zero-order chi connectivity index (χ0) is 21.0. The Balaban J connectivity index is 1.46. The summed E-state index contributed by atoms with van der Waals surface area (Å²) in [4.78, 5) is 0. The van der Waals surface area contributed by atoms with E-state index in [2.05, 4.69) is 41.5 Å². The van der Waals surface area contributed by atoms with Crippen LogP contribution in [-0.2, 0) is 0 Å². The molecule has 4 fully saturated rings. The molecule has 0 spiro atoms. The summed E-state index contributed by atoms with van der Waals surface area (Å²) in [7, 11) is 0. The molecule has 1 nitrogen and oxygen atoms in total. The van der Waals surface area contributed by atoms with Crippen LogP contribution in [0.25, 0.3) is 0 Å². The Labute approximate surface area is 181 Å². The lowest BCUT2D eigenvalue weighted by Gasteiger charge is -2.61. The topological polar surface area (TPSA) is 20.2 Å². The highest BCUT2D eigenvalue weighted by molar-refractivity contribution is 5.09. The Morgan fingerprint density at radius 3 is 2.21 bits per heavy atom. The normalized spacial score (nSPS) is 49.2. The van der Waals surface area contributed by atoms with Crippen molar-refractivity contribution in [1.29, 1.82) is 0 Å². The zero-order valence-corrected chi connectivity index (χ0v) is 20.4. The summed E-state index contributed by atoms with van der Waals surface area (Å²) in [5.74, 6) is 7.28. The van der Waals surface area contributed by atoms with Crippen LogP contribution in [-0.4, -0.2) is 11.2 Å². The molecule has 1 N–H and O–H groups in total. The van der Waals surface area contributed by atoms with Crippen LogP contribution in [0.5, 0.6) is 0 Å². The smallest absolute Gasteiger partial charge is 0.0543 e. The maximum absolute atomic E-state index is 10.3. The minimum Gasteiger partial charge on any atom is -0.393 e. The van der Waals surface area contributed by atoms with E-state index in [9.17, 15) is 5.11 Å². The first-order chi connectivity index (χ1) is 13.7. The van der Waals surface area contributed by atoms with Crippen LogP contribution in [0.3, 0.4) is 0 Å². The monoisotopic (exact) mass is 402 g/mol. The summed E-state index contributed by atoms with van der Waals surface area (Å²) in [5, 5.41) is 10.3. The van der Waals surface area contributed by atoms with Crippen molar-refractivity contribution in [3.05, 3.63) is 0 Å². The average molecular weight is 403 g/mol. The molecule has 4 rings (SSSR count). The van der Waals surface area contributed by atoms with Gasteiger partial charge in [0.15, 0.2) is 0 Å². The van der Waals surface area contributed by atoms with Gasteiger partial charge in [-0.25, -0.2) is 0 Å². The Bertz CT molecular complexity index is 569. The van der Waals surface area contributed by atoms with Crippen LogP contribution < -0.4 is 0 Å². The van der Waals surface area contributed by atoms with Gasteiger partial charge in [0.05, 0.1) is 6.10 Å². The molecule has 0 amide bonds. The molecule has 4 aliphatic carbocycles. The molecule has 1 heteroatoms. The van der Waals surface area contributed by atoms with Gasteiger partial charge in [-0.3, -0.25) is 0 Å². The van der Waals surface area contributed by atoms with Crippen LogP contribution >= 0.6 is 0 Å². The summed E-state index contributed by atoms with van der Waals surface area (Å²) in [6, 6.07) is 0. The van der Waals surface area contributed by atoms with Crippen LogP contribution in [0, 0.1) is 58.2 Å². The van der Waals surface area contributed by atoms with E-state index in [1.165, 1.54) is 57.8 Å². The fraction of sp³-hybridized carbons (Fsp3) is 1.00. The highest BCUT2D eigenvalue weighted by atomic mass is 16.3. The molecule has 0 saturated heterocycles. The fourth-order valence-corrected chi connectivity index (χ4v) is 9.27. The van der Waals surface area contributed by atoms with Gasteiger partial charge in [0.2, 0.25) is 0 Å². The Morgan fingerprint density at radius 2 is 1.48 bits per heavy atom. The van der Waals surface area contributed by atoms with Crippen molar-refractivity contribution < 1.29 is 5.11 Å². The molecule has 0 aliphatic heterocycles. The molecule has 0 aromatic heterocycles. The first-order valence-corrected chi connectivity index (χ1v) is 13.3. The molecule has 0 radical (unpaired) electrons. The molecule has 0 unspecified atom stereocenters. The lowest BCUT2D eigenvalue weighted by atomic mass is 9.44. The third-order valence-electron chi connectivity index (χ3n) is 11.6. The second kappa shape index (κ2) is 8.14. The molecule has 10 atom stereocenters. The first-order valence-electron chi connectivity index (χ1n) is 13.3. The van der Waals surface area contributed by atoms with Crippen molar-refractivity contribution in [1.82, 2.24) is 0 Å². The first kappa shape index (κ1) is 22.2. The molecule has 168 valence electrons. The molecule has 4 aliphatic rings. The second-order valence-electron chi connectivity index (χ2n) is 13.1. The van der Waals surface area contributed by atoms with Crippen LogP contribution in [0.2, 0.25) is 0 Å². The molecule has 29 heavy (non-hydrogen) atoms.